The number of fused-ring (bicyclic) bond motifs is 3. The molecule has 31 heavy (non-hydrogen) atoms. The van der Waals surface area contributed by atoms with Crippen LogP contribution >= 0.6 is 11.6 Å². The van der Waals surface area contributed by atoms with Gasteiger partial charge in [-0.2, -0.15) is 0 Å². The van der Waals surface area contributed by atoms with E-state index in [1.165, 1.54) is 0 Å². The maximum Gasteiger partial charge on any atom is 0.134 e. The summed E-state index contributed by atoms with van der Waals surface area (Å²) in [5, 5.41) is 6.76. The van der Waals surface area contributed by atoms with Gasteiger partial charge in [0.05, 0.1) is 21.3 Å². The zero-order valence-corrected chi connectivity index (χ0v) is 18.3. The molecule has 0 N–H and O–H groups in total. The summed E-state index contributed by atoms with van der Waals surface area (Å²) in [6.45, 7) is 0. The van der Waals surface area contributed by atoms with Crippen molar-refractivity contribution in [2.45, 2.75) is 0 Å². The first-order valence-electron chi connectivity index (χ1n) is 10.00. The summed E-state index contributed by atoms with van der Waals surface area (Å²) < 4.78 is 17.6. The number of methoxy groups -OCH3 is 3. The molecule has 0 aliphatic heterocycles. The molecular weight excluding hydrogens is 408 g/mol. The summed E-state index contributed by atoms with van der Waals surface area (Å²) in [5.74, 6) is 2.42. The topological polar surface area (TPSA) is 27.7 Å². The largest absolute Gasteiger partial charge is 0.496 e. The lowest BCUT2D eigenvalue weighted by Gasteiger charge is -2.20. The molecule has 0 aliphatic carbocycles. The maximum atomic E-state index is 6.38. The van der Waals surface area contributed by atoms with Crippen molar-refractivity contribution in [3.63, 3.8) is 0 Å². The Balaban J connectivity index is 2.04. The van der Waals surface area contributed by atoms with Crippen LogP contribution < -0.4 is 14.2 Å². The molecule has 3 nitrogen and oxygen atoms in total. The molecule has 0 saturated heterocycles. The van der Waals surface area contributed by atoms with Crippen molar-refractivity contribution in [2.75, 3.05) is 21.3 Å². The summed E-state index contributed by atoms with van der Waals surface area (Å²) in [4.78, 5) is 0. The van der Waals surface area contributed by atoms with Crippen LogP contribution in [0.15, 0.2) is 72.8 Å². The Morgan fingerprint density at radius 2 is 1.13 bits per heavy atom. The second kappa shape index (κ2) is 7.68. The van der Waals surface area contributed by atoms with Crippen LogP contribution in [-0.2, 0) is 0 Å². The highest BCUT2D eigenvalue weighted by Crippen LogP contribution is 2.49. The van der Waals surface area contributed by atoms with Gasteiger partial charge in [0.1, 0.15) is 17.2 Å². The third-order valence-corrected chi connectivity index (χ3v) is 6.03. The molecule has 0 saturated carbocycles. The summed E-state index contributed by atoms with van der Waals surface area (Å²) in [6.07, 6.45) is 0. The first-order valence-corrected chi connectivity index (χ1v) is 10.4. The molecule has 0 aromatic heterocycles. The standard InChI is InChI=1S/C27H21ClO3/c1-29-24-15-23(27(31-3)20-10-6-4-8-17(20)24)25-18-9-5-7-11-21(18)26(30-2)22-14-16(28)12-13-19(22)25/h4-15H,1-3H3. The Kier molecular flexibility index (Phi) is 4.84. The Morgan fingerprint density at radius 3 is 1.77 bits per heavy atom. The molecule has 4 heteroatoms. The van der Waals surface area contributed by atoms with Gasteiger partial charge >= 0.3 is 0 Å². The fourth-order valence-electron chi connectivity index (χ4n) is 4.51. The van der Waals surface area contributed by atoms with Crippen molar-refractivity contribution in [2.24, 2.45) is 0 Å². The van der Waals surface area contributed by atoms with Crippen LogP contribution in [0.4, 0.5) is 0 Å². The molecule has 0 bridgehead atoms. The van der Waals surface area contributed by atoms with Crippen molar-refractivity contribution in [1.82, 2.24) is 0 Å². The molecule has 5 aromatic rings. The van der Waals surface area contributed by atoms with E-state index in [1.54, 1.807) is 21.3 Å². The lowest BCUT2D eigenvalue weighted by molar-refractivity contribution is 0.412. The lowest BCUT2D eigenvalue weighted by atomic mass is 9.89. The third kappa shape index (κ3) is 2.96. The van der Waals surface area contributed by atoms with Crippen LogP contribution in [0.5, 0.6) is 17.2 Å². The highest BCUT2D eigenvalue weighted by Gasteiger charge is 2.21. The third-order valence-electron chi connectivity index (χ3n) is 5.79. The lowest BCUT2D eigenvalue weighted by Crippen LogP contribution is -1.96. The molecule has 0 fully saturated rings. The van der Waals surface area contributed by atoms with Crippen molar-refractivity contribution in [1.29, 1.82) is 0 Å². The van der Waals surface area contributed by atoms with Gasteiger partial charge in [-0.05, 0) is 29.0 Å². The van der Waals surface area contributed by atoms with Crippen LogP contribution in [0, 0.1) is 0 Å². The molecule has 0 atom stereocenters. The summed E-state index contributed by atoms with van der Waals surface area (Å²) >= 11 is 6.38. The van der Waals surface area contributed by atoms with E-state index in [9.17, 15) is 0 Å². The van der Waals surface area contributed by atoms with Gasteiger partial charge in [0.2, 0.25) is 0 Å². The molecule has 0 unspecified atom stereocenters. The Hall–Kier alpha value is -3.43. The molecule has 0 heterocycles. The molecule has 5 aromatic carbocycles. The highest BCUT2D eigenvalue weighted by molar-refractivity contribution is 6.32. The fraction of sp³-hybridized carbons (Fsp3) is 0.111. The Morgan fingerprint density at radius 1 is 0.548 bits per heavy atom. The van der Waals surface area contributed by atoms with Crippen LogP contribution in [0.1, 0.15) is 0 Å². The van der Waals surface area contributed by atoms with Crippen LogP contribution in [0.2, 0.25) is 5.02 Å². The van der Waals surface area contributed by atoms with Gasteiger partial charge in [0.15, 0.2) is 0 Å². The first kappa shape index (κ1) is 19.5. The number of ether oxygens (including phenoxy) is 3. The summed E-state index contributed by atoms with van der Waals surface area (Å²) in [7, 11) is 5.10. The normalized spacial score (nSPS) is 11.2. The number of halogens is 1. The van der Waals surface area contributed by atoms with E-state index in [0.717, 1.165) is 60.7 Å². The second-order valence-electron chi connectivity index (χ2n) is 7.35. The minimum absolute atomic E-state index is 0.662. The van der Waals surface area contributed by atoms with Gasteiger partial charge in [0.25, 0.3) is 0 Å². The maximum absolute atomic E-state index is 6.38. The first-order chi connectivity index (χ1) is 15.2. The second-order valence-corrected chi connectivity index (χ2v) is 7.79. The van der Waals surface area contributed by atoms with Gasteiger partial charge in [-0.15, -0.1) is 0 Å². The van der Waals surface area contributed by atoms with Crippen LogP contribution in [0.3, 0.4) is 0 Å². The van der Waals surface area contributed by atoms with Crippen molar-refractivity contribution in [3.8, 4) is 28.4 Å². The van der Waals surface area contributed by atoms with Crippen molar-refractivity contribution >= 4 is 43.9 Å². The predicted octanol–water partition coefficient (Wildman–Crippen LogP) is 7.49. The van der Waals surface area contributed by atoms with E-state index in [2.05, 4.69) is 24.3 Å². The van der Waals surface area contributed by atoms with E-state index in [-0.39, 0.29) is 0 Å². The quantitative estimate of drug-likeness (QED) is 0.277. The Labute approximate surface area is 185 Å². The van der Waals surface area contributed by atoms with Crippen molar-refractivity contribution in [3.05, 3.63) is 77.8 Å². The van der Waals surface area contributed by atoms with Crippen molar-refractivity contribution < 1.29 is 14.2 Å². The molecule has 0 amide bonds. The average Bonchev–Trinajstić information content (AvgIpc) is 2.81. The summed E-state index contributed by atoms with van der Waals surface area (Å²) in [5.41, 5.74) is 2.02. The molecule has 154 valence electrons. The van der Waals surface area contributed by atoms with E-state index in [4.69, 9.17) is 25.8 Å². The zero-order chi connectivity index (χ0) is 21.5. The zero-order valence-electron chi connectivity index (χ0n) is 17.5. The molecular formula is C27H21ClO3. The highest BCUT2D eigenvalue weighted by atomic mass is 35.5. The number of hydrogen-bond acceptors (Lipinski definition) is 3. The van der Waals surface area contributed by atoms with Gasteiger partial charge in [-0.1, -0.05) is 66.2 Å². The Bertz CT molecular complexity index is 1460. The van der Waals surface area contributed by atoms with Gasteiger partial charge in [0, 0.05) is 37.7 Å². The average molecular weight is 429 g/mol. The molecule has 0 spiro atoms. The fourth-order valence-corrected chi connectivity index (χ4v) is 4.68. The number of hydrogen-bond donors (Lipinski definition) is 0. The van der Waals surface area contributed by atoms with Gasteiger partial charge in [-0.3, -0.25) is 0 Å². The minimum Gasteiger partial charge on any atom is -0.496 e. The van der Waals surface area contributed by atoms with E-state index < -0.39 is 0 Å². The van der Waals surface area contributed by atoms with E-state index in [0.29, 0.717) is 5.02 Å². The van der Waals surface area contributed by atoms with E-state index in [1.807, 2.05) is 48.5 Å². The van der Waals surface area contributed by atoms with Crippen LogP contribution in [-0.4, -0.2) is 21.3 Å². The van der Waals surface area contributed by atoms with Gasteiger partial charge < -0.3 is 14.2 Å². The number of rotatable bonds is 4. The molecule has 0 radical (unpaired) electrons. The smallest absolute Gasteiger partial charge is 0.134 e. The summed E-state index contributed by atoms with van der Waals surface area (Å²) in [6, 6.07) is 24.3. The SMILES string of the molecule is COc1cc(-c2c3ccccc3c(OC)c3cc(Cl)ccc23)c(OC)c2ccccc12. The number of benzene rings is 5. The van der Waals surface area contributed by atoms with E-state index >= 15 is 0 Å². The molecule has 0 aliphatic rings. The minimum atomic E-state index is 0.662. The van der Waals surface area contributed by atoms with Crippen LogP contribution in [0.25, 0.3) is 43.4 Å². The predicted molar refractivity (Wildman–Crippen MR) is 129 cm³/mol. The molecule has 5 rings (SSSR count). The van der Waals surface area contributed by atoms with Gasteiger partial charge in [-0.25, -0.2) is 0 Å². The monoisotopic (exact) mass is 428 g/mol.